The van der Waals surface area contributed by atoms with Gasteiger partial charge in [0.25, 0.3) is 0 Å². The Morgan fingerprint density at radius 1 is 0.390 bits per heavy atom. The Balaban J connectivity index is 0. The fourth-order valence-corrected chi connectivity index (χ4v) is 10.4. The second-order valence-corrected chi connectivity index (χ2v) is 22.8. The van der Waals surface area contributed by atoms with Gasteiger partial charge in [0.15, 0.2) is 0 Å². The van der Waals surface area contributed by atoms with Gasteiger partial charge >= 0.3 is 22.4 Å². The predicted molar refractivity (Wildman–Crippen MR) is 345 cm³/mol. The Kier molecular flexibility index (Phi) is 59.4. The van der Waals surface area contributed by atoms with Crippen LogP contribution in [-0.4, -0.2) is 10.7 Å². The number of aryl methyl sites for hydroxylation is 4. The van der Waals surface area contributed by atoms with Gasteiger partial charge in [0.1, 0.15) is 0 Å². The molecule has 3 heteroatoms. The summed E-state index contributed by atoms with van der Waals surface area (Å²) >= 11 is 0. The molecule has 2 aromatic carbocycles. The molecule has 2 nitrogen and oxygen atoms in total. The molecular weight excluding hydrogens is 976 g/mol. The summed E-state index contributed by atoms with van der Waals surface area (Å²) in [5.74, 6) is 3.11. The van der Waals surface area contributed by atoms with Crippen LogP contribution in [0.1, 0.15) is 358 Å². The number of nitrogens with zero attached hydrogens (tertiary/aromatic N) is 2. The van der Waals surface area contributed by atoms with Crippen LogP contribution in [-0.2, 0) is 42.2 Å². The Bertz CT molecular complexity index is 1640. The summed E-state index contributed by atoms with van der Waals surface area (Å²) in [6.45, 7) is 26.0. The number of benzene rings is 2. The van der Waals surface area contributed by atoms with Crippen molar-refractivity contribution >= 4 is 11.4 Å². The first-order valence-electron chi connectivity index (χ1n) is 33.6. The third-order valence-corrected chi connectivity index (χ3v) is 15.2. The summed E-state index contributed by atoms with van der Waals surface area (Å²) < 4.78 is 0. The van der Waals surface area contributed by atoms with Crippen molar-refractivity contribution in [1.29, 1.82) is 0 Å². The van der Waals surface area contributed by atoms with Crippen LogP contribution in [0.25, 0.3) is 11.1 Å². The molecule has 0 spiro atoms. The van der Waals surface area contributed by atoms with E-state index < -0.39 is 0 Å². The zero-order chi connectivity index (χ0) is 55.8. The van der Waals surface area contributed by atoms with Crippen LogP contribution in [0, 0.1) is 13.8 Å². The van der Waals surface area contributed by atoms with Gasteiger partial charge in [-0.25, -0.2) is 0 Å². The summed E-state index contributed by atoms with van der Waals surface area (Å²) in [7, 11) is 0. The third kappa shape index (κ3) is 44.0. The predicted octanol–water partition coefficient (Wildman–Crippen LogP) is 25.2. The zero-order valence-electron chi connectivity index (χ0n) is 52.8. The van der Waals surface area contributed by atoms with Gasteiger partial charge in [0.2, 0.25) is 0 Å². The van der Waals surface area contributed by atoms with E-state index >= 15 is 0 Å². The first-order chi connectivity index (χ1) is 37.4. The van der Waals surface area contributed by atoms with Crippen LogP contribution >= 0.6 is 0 Å². The van der Waals surface area contributed by atoms with Crippen LogP contribution in [0.2, 0.25) is 0 Å². The van der Waals surface area contributed by atoms with E-state index in [1.807, 2.05) is 0 Å². The number of rotatable bonds is 48. The molecule has 0 bridgehead atoms. The average molecular weight is 1100 g/mol. The zero-order valence-corrected chi connectivity index (χ0v) is 53.8. The Labute approximate surface area is 493 Å². The largest absolute Gasteiger partial charge is 2.00 e. The van der Waals surface area contributed by atoms with Crippen LogP contribution < -0.4 is 0 Å². The van der Waals surface area contributed by atoms with Crippen molar-refractivity contribution in [2.24, 2.45) is 0 Å². The van der Waals surface area contributed by atoms with Gasteiger partial charge in [-0.05, 0) is 116 Å². The fraction of sp³-hybridized carbons (Fsp3) is 0.730. The van der Waals surface area contributed by atoms with Crippen LogP contribution in [0.5, 0.6) is 0 Å². The van der Waals surface area contributed by atoms with E-state index in [-0.39, 0.29) is 16.5 Å². The monoisotopic (exact) mass is 1100 g/mol. The maximum Gasteiger partial charge on any atom is 2.00 e. The van der Waals surface area contributed by atoms with Crippen LogP contribution in [0.3, 0.4) is 0 Å². The third-order valence-electron chi connectivity index (χ3n) is 15.2. The number of hydrogen-bond acceptors (Lipinski definition) is 0. The molecule has 0 radical (unpaired) electrons. The molecule has 0 atom stereocenters. The minimum atomic E-state index is 0. The van der Waals surface area contributed by atoms with E-state index in [0.29, 0.717) is 0 Å². The molecule has 0 saturated carbocycles. The van der Waals surface area contributed by atoms with Crippen molar-refractivity contribution in [2.75, 3.05) is 0 Å². The SMILES string of the molecule is CCCCCCCCC=CC(C(=C=[N+]=[N-])CCCC)=C(c1cc(CCCC)cc(CCCC)c1)c1cc(CCCCC)cc(CCCCC)c1.[CH2-]CCCCCCCCCCCC.[CH2-]CCCCCCCCCCCC.[Ni+2]. The molecule has 2 rings (SSSR count). The van der Waals surface area contributed by atoms with Gasteiger partial charge in [-0.2, -0.15) is 12.8 Å². The molecule has 0 unspecified atom stereocenters. The Morgan fingerprint density at radius 2 is 0.688 bits per heavy atom. The van der Waals surface area contributed by atoms with Gasteiger partial charge in [-0.3, -0.25) is 0 Å². The molecule has 2 aromatic rings. The minimum Gasteiger partial charge on any atom is -0.348 e. The van der Waals surface area contributed by atoms with E-state index in [1.54, 1.807) is 0 Å². The molecule has 0 heterocycles. The van der Waals surface area contributed by atoms with E-state index in [0.717, 1.165) is 69.8 Å². The fourth-order valence-electron chi connectivity index (χ4n) is 10.4. The van der Waals surface area contributed by atoms with Crippen molar-refractivity contribution in [3.05, 3.63) is 112 Å². The smallest absolute Gasteiger partial charge is 0.348 e. The molecule has 0 aliphatic heterocycles. The summed E-state index contributed by atoms with van der Waals surface area (Å²) in [5, 5.41) is 0. The van der Waals surface area contributed by atoms with Crippen molar-refractivity contribution in [1.82, 2.24) is 0 Å². The second kappa shape index (κ2) is 59.7. The molecule has 0 aromatic heterocycles. The molecular formula is C74H128N2Ni. The summed E-state index contributed by atoms with van der Waals surface area (Å²) in [4.78, 5) is 3.56. The number of unbranched alkanes of at least 4 members (excludes halogenated alkanes) is 33. The maximum atomic E-state index is 9.98. The van der Waals surface area contributed by atoms with Crippen LogP contribution in [0.4, 0.5) is 0 Å². The van der Waals surface area contributed by atoms with Gasteiger partial charge in [0, 0.05) is 5.57 Å². The average Bonchev–Trinajstić information content (AvgIpc) is 3.43. The van der Waals surface area contributed by atoms with E-state index in [2.05, 4.69) is 128 Å². The molecule has 0 aliphatic carbocycles. The van der Waals surface area contributed by atoms with Crippen molar-refractivity contribution < 1.29 is 21.3 Å². The number of hydrogen-bond donors (Lipinski definition) is 0. The number of allylic oxidation sites excluding steroid dienone is 4. The molecule has 444 valence electrons. The van der Waals surface area contributed by atoms with Crippen molar-refractivity contribution in [3.63, 3.8) is 0 Å². The van der Waals surface area contributed by atoms with Gasteiger partial charge < -0.3 is 19.4 Å². The molecule has 0 N–H and O–H groups in total. The molecule has 0 fully saturated rings. The summed E-state index contributed by atoms with van der Waals surface area (Å²) in [5.41, 5.74) is 21.9. The first-order valence-corrected chi connectivity index (χ1v) is 33.6. The topological polar surface area (TPSA) is 36.4 Å². The molecule has 0 saturated heterocycles. The second-order valence-electron chi connectivity index (χ2n) is 22.8. The van der Waals surface area contributed by atoms with Gasteiger partial charge in [-0.15, -0.1) is 4.79 Å². The molecule has 0 amide bonds. The van der Waals surface area contributed by atoms with Crippen molar-refractivity contribution in [3.8, 4) is 0 Å². The summed E-state index contributed by atoms with van der Waals surface area (Å²) in [6, 6.07) is 14.9. The summed E-state index contributed by atoms with van der Waals surface area (Å²) in [6.07, 6.45) is 64.0. The normalized spacial score (nSPS) is 11.3. The van der Waals surface area contributed by atoms with Gasteiger partial charge in [0.05, 0.1) is 5.57 Å². The minimum absolute atomic E-state index is 0. The Hall–Kier alpha value is -2.43. The van der Waals surface area contributed by atoms with E-state index in [9.17, 15) is 5.53 Å². The first kappa shape index (κ1) is 76.6. The van der Waals surface area contributed by atoms with Crippen LogP contribution in [0.15, 0.2) is 59.7 Å². The van der Waals surface area contributed by atoms with E-state index in [4.69, 9.17) is 0 Å². The molecule has 0 aliphatic rings. The van der Waals surface area contributed by atoms with Crippen molar-refractivity contribution in [2.45, 2.75) is 351 Å². The maximum absolute atomic E-state index is 9.98. The standard InChI is InChI=1S/C48H74N2.2C13H27.Ni/c1-7-13-19-20-21-22-23-26-32-47(44(39-50-49)31-18-12-6)48(45-35-40(27-16-10-4)33-41(36-45)28-17-11-5)46-37-42(29-24-14-8-2)34-43(38-46)30-25-15-9-3;2*1-3-5-7-9-11-13-12-10-8-6-4-2;/h26,32-38H,7-25,27-31H2,1-6H3;2*1,3-13H2,2H3;/q;2*-1;+2. The quantitative estimate of drug-likeness (QED) is 0.0120. The molecule has 77 heavy (non-hydrogen) atoms. The van der Waals surface area contributed by atoms with Gasteiger partial charge in [-0.1, -0.05) is 309 Å². The Morgan fingerprint density at radius 3 is 1.01 bits per heavy atom. The van der Waals surface area contributed by atoms with E-state index in [1.165, 1.54) is 276 Å².